The number of piperidine rings is 1. The Morgan fingerprint density at radius 2 is 2.30 bits per heavy atom. The summed E-state index contributed by atoms with van der Waals surface area (Å²) in [5.74, 6) is 0.712. The van der Waals surface area contributed by atoms with Crippen LogP contribution in [0.3, 0.4) is 0 Å². The average Bonchev–Trinajstić information content (AvgIpc) is 2.47. The number of hydrogen-bond donors (Lipinski definition) is 1. The lowest BCUT2D eigenvalue weighted by Gasteiger charge is -2.31. The van der Waals surface area contributed by atoms with Gasteiger partial charge >= 0.3 is 0 Å². The maximum atomic E-state index is 13.8. The molecule has 0 radical (unpaired) electrons. The van der Waals surface area contributed by atoms with Crippen molar-refractivity contribution in [3.63, 3.8) is 0 Å². The highest BCUT2D eigenvalue weighted by Gasteiger charge is 2.19. The second kappa shape index (κ2) is 7.04. The van der Waals surface area contributed by atoms with E-state index in [4.69, 9.17) is 4.74 Å². The van der Waals surface area contributed by atoms with Gasteiger partial charge in [0.2, 0.25) is 0 Å². The second-order valence-electron chi connectivity index (χ2n) is 5.72. The summed E-state index contributed by atoms with van der Waals surface area (Å²) in [4.78, 5) is 2.30. The summed E-state index contributed by atoms with van der Waals surface area (Å²) < 4.78 is 18.7. The molecular formula is C16H25FN2O. The van der Waals surface area contributed by atoms with E-state index in [-0.39, 0.29) is 11.9 Å². The van der Waals surface area contributed by atoms with Gasteiger partial charge < -0.3 is 10.1 Å². The molecule has 1 aliphatic heterocycles. The third-order valence-corrected chi connectivity index (χ3v) is 4.26. The Morgan fingerprint density at radius 1 is 1.50 bits per heavy atom. The van der Waals surface area contributed by atoms with Crippen LogP contribution in [-0.2, 0) is 0 Å². The fourth-order valence-electron chi connectivity index (χ4n) is 2.84. The smallest absolute Gasteiger partial charge is 0.165 e. The lowest BCUT2D eigenvalue weighted by atomic mass is 9.98. The molecule has 1 aromatic carbocycles. The molecule has 0 amide bonds. The molecule has 4 heteroatoms. The minimum absolute atomic E-state index is 0.206. The summed E-state index contributed by atoms with van der Waals surface area (Å²) in [7, 11) is 3.60. The summed E-state index contributed by atoms with van der Waals surface area (Å²) in [5.41, 5.74) is 0.995. The number of nitrogens with one attached hydrogen (secondary N) is 1. The van der Waals surface area contributed by atoms with Crippen molar-refractivity contribution in [2.24, 2.45) is 5.92 Å². The Labute approximate surface area is 121 Å². The zero-order valence-electron chi connectivity index (χ0n) is 12.7. The minimum Gasteiger partial charge on any atom is -0.494 e. The molecule has 20 heavy (non-hydrogen) atoms. The summed E-state index contributed by atoms with van der Waals surface area (Å²) in [5, 5.41) is 3.44. The first-order chi connectivity index (χ1) is 9.61. The van der Waals surface area contributed by atoms with Gasteiger partial charge in [0.15, 0.2) is 11.6 Å². The number of hydrogen-bond acceptors (Lipinski definition) is 3. The SMILES string of the molecule is COc1ccc(C(C)N(C)CC2CCCNC2)cc1F. The predicted molar refractivity (Wildman–Crippen MR) is 79.6 cm³/mol. The van der Waals surface area contributed by atoms with Gasteiger partial charge in [0.1, 0.15) is 0 Å². The van der Waals surface area contributed by atoms with E-state index < -0.39 is 0 Å². The van der Waals surface area contributed by atoms with Crippen LogP contribution in [0.4, 0.5) is 4.39 Å². The minimum atomic E-state index is -0.287. The zero-order valence-corrected chi connectivity index (χ0v) is 12.7. The number of methoxy groups -OCH3 is 1. The summed E-state index contributed by atoms with van der Waals surface area (Å²) >= 11 is 0. The molecular weight excluding hydrogens is 255 g/mol. The monoisotopic (exact) mass is 280 g/mol. The van der Waals surface area contributed by atoms with Crippen molar-refractivity contribution < 1.29 is 9.13 Å². The van der Waals surface area contributed by atoms with E-state index in [0.29, 0.717) is 11.7 Å². The van der Waals surface area contributed by atoms with Gasteiger partial charge in [-0.05, 0) is 63.5 Å². The van der Waals surface area contributed by atoms with Gasteiger partial charge in [-0.25, -0.2) is 4.39 Å². The van der Waals surface area contributed by atoms with Crippen LogP contribution < -0.4 is 10.1 Å². The quantitative estimate of drug-likeness (QED) is 0.897. The molecule has 1 heterocycles. The summed E-state index contributed by atoms with van der Waals surface area (Å²) in [6, 6.07) is 5.44. The van der Waals surface area contributed by atoms with Crippen molar-refractivity contribution in [3.8, 4) is 5.75 Å². The molecule has 1 aromatic rings. The zero-order chi connectivity index (χ0) is 14.5. The van der Waals surface area contributed by atoms with Crippen molar-refractivity contribution in [1.29, 1.82) is 0 Å². The number of halogens is 1. The molecule has 0 spiro atoms. The lowest BCUT2D eigenvalue weighted by Crippen LogP contribution is -2.37. The van der Waals surface area contributed by atoms with E-state index in [2.05, 4.69) is 24.2 Å². The number of ether oxygens (including phenoxy) is 1. The average molecular weight is 280 g/mol. The molecule has 0 aliphatic carbocycles. The van der Waals surface area contributed by atoms with Crippen molar-refractivity contribution in [2.75, 3.05) is 33.8 Å². The third kappa shape index (κ3) is 3.70. The number of nitrogens with zero attached hydrogens (tertiary/aromatic N) is 1. The van der Waals surface area contributed by atoms with Crippen LogP contribution in [0.2, 0.25) is 0 Å². The molecule has 0 saturated carbocycles. The van der Waals surface area contributed by atoms with Crippen LogP contribution >= 0.6 is 0 Å². The Hall–Kier alpha value is -1.13. The summed E-state index contributed by atoms with van der Waals surface area (Å²) in [6.07, 6.45) is 2.53. The molecule has 1 saturated heterocycles. The first-order valence-corrected chi connectivity index (χ1v) is 7.36. The molecule has 1 aliphatic rings. The molecule has 2 atom stereocenters. The van der Waals surface area contributed by atoms with Gasteiger partial charge in [0.25, 0.3) is 0 Å². The Balaban J connectivity index is 1.98. The van der Waals surface area contributed by atoms with E-state index in [0.717, 1.165) is 25.2 Å². The molecule has 112 valence electrons. The highest BCUT2D eigenvalue weighted by molar-refractivity contribution is 5.30. The van der Waals surface area contributed by atoms with Crippen LogP contribution in [0.25, 0.3) is 0 Å². The molecule has 1 N–H and O–H groups in total. The van der Waals surface area contributed by atoms with E-state index in [1.54, 1.807) is 12.1 Å². The maximum Gasteiger partial charge on any atom is 0.165 e. The third-order valence-electron chi connectivity index (χ3n) is 4.26. The standard InChI is InChI=1S/C16H25FN2O/c1-12(14-6-7-16(20-3)15(17)9-14)19(2)11-13-5-4-8-18-10-13/h6-7,9,12-13,18H,4-5,8,10-11H2,1-3H3. The van der Waals surface area contributed by atoms with Gasteiger partial charge in [-0.2, -0.15) is 0 Å². The highest BCUT2D eigenvalue weighted by atomic mass is 19.1. The van der Waals surface area contributed by atoms with Gasteiger partial charge in [-0.3, -0.25) is 4.90 Å². The predicted octanol–water partition coefficient (Wildman–Crippen LogP) is 2.83. The molecule has 0 bridgehead atoms. The maximum absolute atomic E-state index is 13.8. The summed E-state index contributed by atoms with van der Waals surface area (Å²) in [6.45, 7) is 5.40. The fraction of sp³-hybridized carbons (Fsp3) is 0.625. The van der Waals surface area contributed by atoms with Crippen LogP contribution in [0, 0.1) is 11.7 Å². The van der Waals surface area contributed by atoms with Crippen molar-refractivity contribution in [1.82, 2.24) is 10.2 Å². The van der Waals surface area contributed by atoms with Crippen LogP contribution in [0.15, 0.2) is 18.2 Å². The molecule has 2 rings (SSSR count). The molecule has 2 unspecified atom stereocenters. The highest BCUT2D eigenvalue weighted by Crippen LogP contribution is 2.25. The molecule has 1 fully saturated rings. The Kier molecular flexibility index (Phi) is 5.38. The number of benzene rings is 1. The molecule has 0 aromatic heterocycles. The second-order valence-corrected chi connectivity index (χ2v) is 5.72. The van der Waals surface area contributed by atoms with Crippen molar-refractivity contribution >= 4 is 0 Å². The van der Waals surface area contributed by atoms with Crippen LogP contribution in [-0.4, -0.2) is 38.7 Å². The Bertz CT molecular complexity index is 432. The first kappa shape index (κ1) is 15.3. The van der Waals surface area contributed by atoms with E-state index in [9.17, 15) is 4.39 Å². The lowest BCUT2D eigenvalue weighted by molar-refractivity contribution is 0.199. The van der Waals surface area contributed by atoms with Gasteiger partial charge in [0.05, 0.1) is 7.11 Å². The molecule has 3 nitrogen and oxygen atoms in total. The van der Waals surface area contributed by atoms with Crippen LogP contribution in [0.5, 0.6) is 5.75 Å². The largest absolute Gasteiger partial charge is 0.494 e. The normalized spacial score (nSPS) is 20.9. The van der Waals surface area contributed by atoms with Gasteiger partial charge in [-0.15, -0.1) is 0 Å². The van der Waals surface area contributed by atoms with Crippen LogP contribution in [0.1, 0.15) is 31.4 Å². The van der Waals surface area contributed by atoms with E-state index in [1.807, 2.05) is 6.07 Å². The first-order valence-electron chi connectivity index (χ1n) is 7.36. The topological polar surface area (TPSA) is 24.5 Å². The fourth-order valence-corrected chi connectivity index (χ4v) is 2.84. The van der Waals surface area contributed by atoms with Gasteiger partial charge in [0, 0.05) is 12.6 Å². The van der Waals surface area contributed by atoms with Crippen molar-refractivity contribution in [2.45, 2.75) is 25.8 Å². The number of rotatable bonds is 5. The van der Waals surface area contributed by atoms with E-state index >= 15 is 0 Å². The van der Waals surface area contributed by atoms with Gasteiger partial charge in [-0.1, -0.05) is 6.07 Å². The van der Waals surface area contributed by atoms with E-state index in [1.165, 1.54) is 20.0 Å². The Morgan fingerprint density at radius 3 is 2.90 bits per heavy atom. The van der Waals surface area contributed by atoms with Crippen molar-refractivity contribution in [3.05, 3.63) is 29.6 Å².